The van der Waals surface area contributed by atoms with Gasteiger partial charge < -0.3 is 14.9 Å². The molecule has 2 fully saturated rings. The number of carbonyl (C=O) groups excluding carboxylic acids is 1. The molecule has 1 atom stereocenters. The largest absolute Gasteiger partial charge is 0.478 e. The Balaban J connectivity index is 1.65. The van der Waals surface area contributed by atoms with Crippen LogP contribution in [0, 0.1) is 16.7 Å². The van der Waals surface area contributed by atoms with Crippen LogP contribution in [0.2, 0.25) is 0 Å². The van der Waals surface area contributed by atoms with Crippen LogP contribution in [-0.2, 0) is 4.79 Å². The third kappa shape index (κ3) is 4.60. The molecule has 1 saturated heterocycles. The van der Waals surface area contributed by atoms with E-state index < -0.39 is 11.6 Å². The van der Waals surface area contributed by atoms with E-state index in [9.17, 15) is 14.7 Å². The summed E-state index contributed by atoms with van der Waals surface area (Å²) in [5, 5.41) is 9.28. The summed E-state index contributed by atoms with van der Waals surface area (Å²) in [5.74, 6) is 0.352. The Labute approximate surface area is 204 Å². The number of rotatable bonds is 3. The highest BCUT2D eigenvalue weighted by atomic mass is 16.4. The zero-order valence-electron chi connectivity index (χ0n) is 21.7. The lowest BCUT2D eigenvalue weighted by atomic mass is 9.69. The van der Waals surface area contributed by atoms with Gasteiger partial charge in [-0.05, 0) is 79.9 Å². The van der Waals surface area contributed by atoms with Crippen molar-refractivity contribution in [1.29, 1.82) is 0 Å². The fourth-order valence-corrected chi connectivity index (χ4v) is 6.01. The Morgan fingerprint density at radius 3 is 2.12 bits per heavy atom. The van der Waals surface area contributed by atoms with Gasteiger partial charge in [-0.3, -0.25) is 4.79 Å². The summed E-state index contributed by atoms with van der Waals surface area (Å²) in [7, 11) is 0. The number of carboxylic acids is 1. The van der Waals surface area contributed by atoms with Gasteiger partial charge in [-0.15, -0.1) is 0 Å². The van der Waals surface area contributed by atoms with Crippen LogP contribution in [0.5, 0.6) is 0 Å². The SMILES string of the molecule is CC(c1ccc(C(=O)O)cc1)N1C(=O)C(N2CCC(C)(C)CC2)=NC12CCC(C(C)(C)C)CC2. The lowest BCUT2D eigenvalue weighted by Gasteiger charge is -2.46. The molecule has 1 amide bonds. The maximum atomic E-state index is 14.0. The Morgan fingerprint density at radius 2 is 1.62 bits per heavy atom. The van der Waals surface area contributed by atoms with Crippen molar-refractivity contribution in [1.82, 2.24) is 9.80 Å². The lowest BCUT2D eigenvalue weighted by Crippen LogP contribution is -2.52. The molecule has 1 saturated carbocycles. The van der Waals surface area contributed by atoms with Gasteiger partial charge in [-0.1, -0.05) is 46.8 Å². The van der Waals surface area contributed by atoms with E-state index in [0.717, 1.165) is 57.2 Å². The third-order valence-corrected chi connectivity index (χ3v) is 8.63. The van der Waals surface area contributed by atoms with Crippen LogP contribution < -0.4 is 0 Å². The first-order valence-corrected chi connectivity index (χ1v) is 12.8. The molecule has 6 nitrogen and oxygen atoms in total. The smallest absolute Gasteiger partial charge is 0.335 e. The highest BCUT2D eigenvalue weighted by Crippen LogP contribution is 2.49. The van der Waals surface area contributed by atoms with Gasteiger partial charge in [-0.25, -0.2) is 9.79 Å². The van der Waals surface area contributed by atoms with Gasteiger partial charge in [0.05, 0.1) is 11.6 Å². The number of likely N-dealkylation sites (tertiary alicyclic amines) is 1. The first kappa shape index (κ1) is 24.7. The van der Waals surface area contributed by atoms with Crippen molar-refractivity contribution in [2.75, 3.05) is 13.1 Å². The minimum atomic E-state index is -0.938. The quantitative estimate of drug-likeness (QED) is 0.615. The molecular weight excluding hydrogens is 426 g/mol. The maximum Gasteiger partial charge on any atom is 0.335 e. The van der Waals surface area contributed by atoms with Crippen LogP contribution in [-0.4, -0.2) is 51.4 Å². The lowest BCUT2D eigenvalue weighted by molar-refractivity contribution is -0.133. The van der Waals surface area contributed by atoms with Gasteiger partial charge in [0.2, 0.25) is 0 Å². The Bertz CT molecular complexity index is 956. The molecule has 186 valence electrons. The molecule has 6 heteroatoms. The number of hydrogen-bond donors (Lipinski definition) is 1. The predicted octanol–water partition coefficient (Wildman–Crippen LogP) is 5.74. The molecule has 0 aromatic heterocycles. The van der Waals surface area contributed by atoms with Gasteiger partial charge in [0.15, 0.2) is 5.84 Å². The van der Waals surface area contributed by atoms with E-state index >= 15 is 0 Å². The van der Waals surface area contributed by atoms with Gasteiger partial charge in [0.1, 0.15) is 5.66 Å². The summed E-state index contributed by atoms with van der Waals surface area (Å²) in [4.78, 5) is 34.8. The van der Waals surface area contributed by atoms with Crippen LogP contribution in [0.3, 0.4) is 0 Å². The summed E-state index contributed by atoms with van der Waals surface area (Å²) in [6.45, 7) is 15.3. The molecular formula is C28H41N3O3. The molecule has 2 heterocycles. The second kappa shape index (κ2) is 8.69. The Hall–Kier alpha value is -2.37. The Morgan fingerprint density at radius 1 is 1.06 bits per heavy atom. The van der Waals surface area contributed by atoms with Crippen LogP contribution in [0.15, 0.2) is 29.3 Å². The second-order valence-corrected chi connectivity index (χ2v) is 12.5. The monoisotopic (exact) mass is 467 g/mol. The van der Waals surface area contributed by atoms with Crippen molar-refractivity contribution in [2.45, 2.75) is 91.8 Å². The molecule has 34 heavy (non-hydrogen) atoms. The number of benzene rings is 1. The van der Waals surface area contributed by atoms with E-state index in [1.807, 2.05) is 17.0 Å². The molecule has 1 aromatic rings. The van der Waals surface area contributed by atoms with E-state index in [2.05, 4.69) is 46.4 Å². The number of amides is 1. The van der Waals surface area contributed by atoms with E-state index in [1.165, 1.54) is 0 Å². The topological polar surface area (TPSA) is 73.2 Å². The van der Waals surface area contributed by atoms with Crippen LogP contribution >= 0.6 is 0 Å². The third-order valence-electron chi connectivity index (χ3n) is 8.63. The zero-order valence-corrected chi connectivity index (χ0v) is 21.7. The number of piperidine rings is 1. The maximum absolute atomic E-state index is 14.0. The summed E-state index contributed by atoms with van der Waals surface area (Å²) in [5.41, 5.74) is 1.26. The number of nitrogens with zero attached hydrogens (tertiary/aromatic N) is 3. The molecule has 1 spiro atoms. The van der Waals surface area contributed by atoms with Crippen LogP contribution in [0.25, 0.3) is 0 Å². The summed E-state index contributed by atoms with van der Waals surface area (Å²) >= 11 is 0. The predicted molar refractivity (Wildman–Crippen MR) is 135 cm³/mol. The fourth-order valence-electron chi connectivity index (χ4n) is 6.01. The summed E-state index contributed by atoms with van der Waals surface area (Å²) < 4.78 is 0. The van der Waals surface area contributed by atoms with Crippen molar-refractivity contribution < 1.29 is 14.7 Å². The second-order valence-electron chi connectivity index (χ2n) is 12.5. The molecule has 3 aliphatic rings. The van der Waals surface area contributed by atoms with Crippen molar-refractivity contribution in [2.24, 2.45) is 21.7 Å². The standard InChI is InChI=1S/C28H41N3O3/c1-19(20-7-9-21(10-8-20)25(33)34)31-24(32)23(30-17-15-27(5,6)16-18-30)29-28(31)13-11-22(12-14-28)26(2,3)4/h7-10,19,22H,11-18H2,1-6H3,(H,33,34). The number of carbonyl (C=O) groups is 2. The van der Waals surface area contributed by atoms with Crippen molar-refractivity contribution >= 4 is 17.7 Å². The molecule has 1 unspecified atom stereocenters. The summed E-state index contributed by atoms with van der Waals surface area (Å²) in [6, 6.07) is 6.77. The van der Waals surface area contributed by atoms with Gasteiger partial charge in [0, 0.05) is 13.1 Å². The molecule has 2 aliphatic heterocycles. The van der Waals surface area contributed by atoms with Crippen molar-refractivity contribution in [3.8, 4) is 0 Å². The normalized spacial score (nSPS) is 28.2. The first-order chi connectivity index (χ1) is 15.8. The molecule has 0 bridgehead atoms. The Kier molecular flexibility index (Phi) is 6.32. The number of hydrogen-bond acceptors (Lipinski definition) is 4. The van der Waals surface area contributed by atoms with E-state index in [0.29, 0.717) is 17.2 Å². The van der Waals surface area contributed by atoms with Crippen molar-refractivity contribution in [3.05, 3.63) is 35.4 Å². The van der Waals surface area contributed by atoms with Crippen LogP contribution in [0.4, 0.5) is 0 Å². The fraction of sp³-hybridized carbons (Fsp3) is 0.679. The van der Waals surface area contributed by atoms with Gasteiger partial charge >= 0.3 is 5.97 Å². The number of carboxylic acid groups (broad SMARTS) is 1. The van der Waals surface area contributed by atoms with Crippen molar-refractivity contribution in [3.63, 3.8) is 0 Å². The number of aromatic carboxylic acids is 1. The average molecular weight is 468 g/mol. The molecule has 1 N–H and O–H groups in total. The molecule has 1 aliphatic carbocycles. The average Bonchev–Trinajstić information content (AvgIpc) is 3.04. The van der Waals surface area contributed by atoms with E-state index in [-0.39, 0.29) is 22.9 Å². The molecule has 4 rings (SSSR count). The molecule has 0 radical (unpaired) electrons. The van der Waals surface area contributed by atoms with Gasteiger partial charge in [-0.2, -0.15) is 0 Å². The van der Waals surface area contributed by atoms with Gasteiger partial charge in [0.25, 0.3) is 5.91 Å². The highest BCUT2D eigenvalue weighted by Gasteiger charge is 2.53. The minimum absolute atomic E-state index is 0.0312. The molecule has 1 aromatic carbocycles. The number of aliphatic imine (C=N–C) groups is 1. The minimum Gasteiger partial charge on any atom is -0.478 e. The van der Waals surface area contributed by atoms with E-state index in [4.69, 9.17) is 4.99 Å². The highest BCUT2D eigenvalue weighted by molar-refractivity contribution is 6.39. The van der Waals surface area contributed by atoms with E-state index in [1.54, 1.807) is 12.1 Å². The van der Waals surface area contributed by atoms with Crippen LogP contribution in [0.1, 0.15) is 102 Å². The zero-order chi connectivity index (χ0) is 24.9. The first-order valence-electron chi connectivity index (χ1n) is 12.8. The number of amidine groups is 1. The summed E-state index contributed by atoms with van der Waals surface area (Å²) in [6.07, 6.45) is 5.99.